The topological polar surface area (TPSA) is 265 Å². The molecule has 6 aromatic rings. The first-order chi connectivity index (χ1) is 31.1. The number of carbonyl (C=O) groups excluding carboxylic acids is 2. The number of ether oxygens (including phenoxy) is 1. The molecule has 0 bridgehead atoms. The Morgan fingerprint density at radius 2 is 1.24 bits per heavy atom. The van der Waals surface area contributed by atoms with Crippen molar-refractivity contribution >= 4 is 97.7 Å². The molecule has 1 amide bonds. The number of rotatable bonds is 11. The number of sulfone groups is 1. The summed E-state index contributed by atoms with van der Waals surface area (Å²) in [5.41, 5.74) is 12.7. The Hall–Kier alpha value is -5.25. The second-order valence-electron chi connectivity index (χ2n) is 15.8. The summed E-state index contributed by atoms with van der Waals surface area (Å²) in [6.07, 6.45) is 8.22. The van der Waals surface area contributed by atoms with E-state index in [0.29, 0.717) is 74.2 Å². The molecule has 4 aromatic heterocycles. The van der Waals surface area contributed by atoms with Crippen LogP contribution in [0.4, 0.5) is 5.95 Å². The molecule has 8 rings (SSSR count). The second kappa shape index (κ2) is 26.5. The minimum absolute atomic E-state index is 0. The van der Waals surface area contributed by atoms with E-state index in [1.165, 1.54) is 13.3 Å². The maximum atomic E-state index is 12.6. The molecule has 68 heavy (non-hydrogen) atoms. The smallest absolute Gasteiger partial charge is 0.319 e. The molecule has 2 aliphatic rings. The highest BCUT2D eigenvalue weighted by Gasteiger charge is 2.22. The molecule has 18 nitrogen and oxygen atoms in total. The number of aromatic nitrogens is 6. The van der Waals surface area contributed by atoms with Crippen LogP contribution in [0.15, 0.2) is 87.8 Å². The van der Waals surface area contributed by atoms with E-state index in [9.17, 15) is 27.6 Å². The highest BCUT2D eigenvalue weighted by atomic mass is 35.5. The molecular formula is C45H57Cl4N11O7S. The van der Waals surface area contributed by atoms with E-state index >= 15 is 0 Å². The fourth-order valence-corrected chi connectivity index (χ4v) is 8.40. The largest absolute Gasteiger partial charge is 0.468 e. The summed E-state index contributed by atoms with van der Waals surface area (Å²) in [6.45, 7) is 5.89. The van der Waals surface area contributed by atoms with Crippen molar-refractivity contribution in [2.75, 3.05) is 71.0 Å². The zero-order valence-electron chi connectivity index (χ0n) is 36.7. The van der Waals surface area contributed by atoms with Gasteiger partial charge in [0.05, 0.1) is 20.2 Å². The van der Waals surface area contributed by atoms with E-state index in [4.69, 9.17) is 39.4 Å². The minimum atomic E-state index is -3.54. The van der Waals surface area contributed by atoms with Gasteiger partial charge in [-0.15, -0.1) is 24.8 Å². The van der Waals surface area contributed by atoms with Crippen molar-refractivity contribution in [3.63, 3.8) is 0 Å². The van der Waals surface area contributed by atoms with Gasteiger partial charge in [-0.3, -0.25) is 29.0 Å². The number of primary amides is 1. The number of anilines is 1. The normalized spacial score (nSPS) is 14.4. The molecule has 7 N–H and O–H groups in total. The third-order valence-electron chi connectivity index (χ3n) is 11.1. The van der Waals surface area contributed by atoms with Crippen LogP contribution in [0.3, 0.4) is 0 Å². The van der Waals surface area contributed by atoms with Crippen molar-refractivity contribution in [2.24, 2.45) is 23.3 Å². The number of methoxy groups -OCH3 is 1. The Balaban J connectivity index is 0.000000290. The second-order valence-corrected chi connectivity index (χ2v) is 18.5. The van der Waals surface area contributed by atoms with Crippen molar-refractivity contribution in [1.29, 1.82) is 0 Å². The van der Waals surface area contributed by atoms with Crippen LogP contribution in [0, 0.1) is 11.8 Å². The number of hydrogen-bond acceptors (Lipinski definition) is 15. The van der Waals surface area contributed by atoms with Crippen LogP contribution in [0.5, 0.6) is 0 Å². The fraction of sp³-hybridized carbons (Fsp3) is 0.378. The molecule has 2 aliphatic heterocycles. The van der Waals surface area contributed by atoms with Gasteiger partial charge in [-0.1, -0.05) is 67.0 Å². The van der Waals surface area contributed by atoms with E-state index in [2.05, 4.69) is 45.0 Å². The number of piperidine rings is 2. The van der Waals surface area contributed by atoms with E-state index in [0.717, 1.165) is 76.6 Å². The Bertz CT molecular complexity index is 2880. The summed E-state index contributed by atoms with van der Waals surface area (Å²) in [6, 6.07) is 17.5. The molecule has 0 spiro atoms. The van der Waals surface area contributed by atoms with Crippen molar-refractivity contribution in [1.82, 2.24) is 39.7 Å². The molecule has 2 fully saturated rings. The number of esters is 1. The molecule has 0 aliphatic carbocycles. The van der Waals surface area contributed by atoms with Gasteiger partial charge >= 0.3 is 5.97 Å². The predicted octanol–water partition coefficient (Wildman–Crippen LogP) is 5.60. The van der Waals surface area contributed by atoms with Gasteiger partial charge in [-0.2, -0.15) is 4.98 Å². The molecular weight excluding hydrogens is 980 g/mol. The van der Waals surface area contributed by atoms with Gasteiger partial charge in [-0.05, 0) is 94.5 Å². The lowest BCUT2D eigenvalue weighted by Gasteiger charge is -2.31. The Morgan fingerprint density at radius 3 is 1.71 bits per heavy atom. The quantitative estimate of drug-likeness (QED) is 0.0781. The summed E-state index contributed by atoms with van der Waals surface area (Å²) >= 11 is 12.3. The number of likely N-dealkylation sites (tertiary alicyclic amines) is 2. The molecule has 0 atom stereocenters. The summed E-state index contributed by atoms with van der Waals surface area (Å²) in [7, 11) is -2.13. The number of nitrogens with zero attached hydrogens (tertiary/aromatic N) is 6. The van der Waals surface area contributed by atoms with Crippen LogP contribution in [-0.2, 0) is 24.2 Å². The lowest BCUT2D eigenvalue weighted by Crippen LogP contribution is -2.40. The van der Waals surface area contributed by atoms with Crippen LogP contribution in [0.2, 0.25) is 10.0 Å². The SMILES string of the molecule is C.COC(=O)CN1CCC(CNc2ncc3cc(-c4ccccc4Cl)c(=O)[nH]c3n2)CC1.CS(=O)(=O)c1ncc2cc(-c3ccccc3Cl)c(=O)[nH]c2n1.Cl.Cl.NCC1CCN(CC(N)=O)CC1. The maximum Gasteiger partial charge on any atom is 0.319 e. The number of H-pyrrole nitrogens is 2. The maximum absolute atomic E-state index is 12.6. The number of benzene rings is 2. The third kappa shape index (κ3) is 15.6. The van der Waals surface area contributed by atoms with Crippen molar-refractivity contribution < 1.29 is 22.7 Å². The minimum Gasteiger partial charge on any atom is -0.468 e. The van der Waals surface area contributed by atoms with E-state index in [1.807, 2.05) is 18.2 Å². The predicted molar refractivity (Wildman–Crippen MR) is 273 cm³/mol. The van der Waals surface area contributed by atoms with E-state index < -0.39 is 15.4 Å². The Labute approximate surface area is 416 Å². The standard InChI is InChI=1S/C22H24ClN5O3.C14H10ClN3O3S.C8H17N3O.CH4.2ClH/c1-31-19(29)13-28-8-6-14(7-9-28)11-24-22-25-12-15-10-17(21(30)26-20(15)27-22)16-4-2-3-5-18(16)23;1-22(20,21)14-16-7-8-6-10(13(19)17-12(8)18-14)9-4-2-3-5-11(9)15;9-5-7-1-3-11(4-2-7)6-8(10)12;;;/h2-5,10,12,14H,6-9,11,13H2,1H3,(H2,24,25,26,27,30);2-7H,1H3,(H,16,17,18,19);7H,1-6,9H2,(H2,10,12);1H4;2*1H. The highest BCUT2D eigenvalue weighted by molar-refractivity contribution is 7.90. The summed E-state index contributed by atoms with van der Waals surface area (Å²) in [4.78, 5) is 72.9. The van der Waals surface area contributed by atoms with Crippen LogP contribution in [0.1, 0.15) is 33.1 Å². The number of fused-ring (bicyclic) bond motifs is 2. The molecule has 23 heteroatoms. The van der Waals surface area contributed by atoms with Gasteiger partial charge in [0.1, 0.15) is 11.3 Å². The van der Waals surface area contributed by atoms with Crippen LogP contribution < -0.4 is 27.9 Å². The molecule has 6 heterocycles. The number of nitrogens with two attached hydrogens (primary N) is 2. The molecule has 368 valence electrons. The van der Waals surface area contributed by atoms with Crippen LogP contribution in [0.25, 0.3) is 44.3 Å². The highest BCUT2D eigenvalue weighted by Crippen LogP contribution is 2.28. The molecule has 2 saturated heterocycles. The molecule has 2 aromatic carbocycles. The summed E-state index contributed by atoms with van der Waals surface area (Å²) < 4.78 is 27.6. The van der Waals surface area contributed by atoms with Crippen molar-refractivity contribution in [3.8, 4) is 22.3 Å². The van der Waals surface area contributed by atoms with Crippen LogP contribution >= 0.6 is 48.0 Å². The van der Waals surface area contributed by atoms with Gasteiger partial charge in [0.15, 0.2) is 0 Å². The number of amides is 1. The van der Waals surface area contributed by atoms with Gasteiger partial charge < -0.3 is 31.5 Å². The van der Waals surface area contributed by atoms with E-state index in [1.54, 1.807) is 48.7 Å². The number of aromatic amines is 2. The summed E-state index contributed by atoms with van der Waals surface area (Å²) in [5.74, 6) is 1.16. The van der Waals surface area contributed by atoms with Gasteiger partial charge in [0, 0.05) is 68.3 Å². The zero-order valence-corrected chi connectivity index (χ0v) is 40.7. The Morgan fingerprint density at radius 1 is 0.765 bits per heavy atom. The first kappa shape index (κ1) is 57.1. The number of pyridine rings is 2. The number of nitrogens with one attached hydrogen (secondary N) is 3. The third-order valence-corrected chi connectivity index (χ3v) is 12.6. The fourth-order valence-electron chi connectivity index (χ4n) is 7.42. The number of hydrogen-bond donors (Lipinski definition) is 5. The Kier molecular flexibility index (Phi) is 22.2. The van der Waals surface area contributed by atoms with Gasteiger partial charge in [-0.25, -0.2) is 23.4 Å². The van der Waals surface area contributed by atoms with Crippen LogP contribution in [-0.4, -0.2) is 126 Å². The lowest BCUT2D eigenvalue weighted by molar-refractivity contribution is -0.142. The average Bonchev–Trinajstić information content (AvgIpc) is 3.29. The zero-order chi connectivity index (χ0) is 46.7. The first-order valence-corrected chi connectivity index (χ1v) is 23.5. The number of halogens is 4. The molecule has 0 unspecified atom stereocenters. The number of carbonyl (C=O) groups is 2. The van der Waals surface area contributed by atoms with Crippen molar-refractivity contribution in [2.45, 2.75) is 38.3 Å². The van der Waals surface area contributed by atoms with Crippen molar-refractivity contribution in [3.05, 3.63) is 104 Å². The van der Waals surface area contributed by atoms with Gasteiger partial charge in [0.2, 0.25) is 26.8 Å². The van der Waals surface area contributed by atoms with E-state index in [-0.39, 0.29) is 60.5 Å². The first-order valence-electron chi connectivity index (χ1n) is 20.9. The molecule has 0 saturated carbocycles. The monoisotopic (exact) mass is 1040 g/mol. The summed E-state index contributed by atoms with van der Waals surface area (Å²) in [5, 5.41) is 5.15. The average molecular weight is 1040 g/mol. The van der Waals surface area contributed by atoms with Gasteiger partial charge in [0.25, 0.3) is 11.1 Å². The lowest BCUT2D eigenvalue weighted by atomic mass is 9.97. The molecule has 0 radical (unpaired) electrons.